The van der Waals surface area contributed by atoms with Crippen LogP contribution in [0.1, 0.15) is 5.82 Å². The molecule has 0 fully saturated rings. The predicted octanol–water partition coefficient (Wildman–Crippen LogP) is 3.91. The van der Waals surface area contributed by atoms with Crippen LogP contribution in [0.2, 0.25) is 10.0 Å². The van der Waals surface area contributed by atoms with E-state index in [9.17, 15) is 4.79 Å². The van der Waals surface area contributed by atoms with Crippen LogP contribution in [0.3, 0.4) is 0 Å². The third kappa shape index (κ3) is 3.80. The maximum absolute atomic E-state index is 12.2. The van der Waals surface area contributed by atoms with E-state index in [1.807, 2.05) is 24.3 Å². The maximum Gasteiger partial charge on any atom is 0.260 e. The first-order valence-corrected chi connectivity index (χ1v) is 8.04. The molecule has 0 radical (unpaired) electrons. The van der Waals surface area contributed by atoms with Gasteiger partial charge in [0.15, 0.2) is 6.61 Å². The van der Waals surface area contributed by atoms with Gasteiger partial charge in [-0.1, -0.05) is 35.3 Å². The Morgan fingerprint density at radius 1 is 1.21 bits per heavy atom. The van der Waals surface area contributed by atoms with Gasteiger partial charge in [-0.15, -0.1) is 0 Å². The van der Waals surface area contributed by atoms with E-state index in [4.69, 9.17) is 27.9 Å². The lowest BCUT2D eigenvalue weighted by atomic mass is 10.3. The molecule has 0 unspecified atom stereocenters. The van der Waals surface area contributed by atoms with Crippen LogP contribution >= 0.6 is 23.2 Å². The molecule has 1 amide bonds. The molecule has 0 atom stereocenters. The summed E-state index contributed by atoms with van der Waals surface area (Å²) < 4.78 is 5.46. The Morgan fingerprint density at radius 3 is 2.75 bits per heavy atom. The number of nitrogens with one attached hydrogen (secondary N) is 1. The number of ether oxygens (including phenoxy) is 1. The smallest absolute Gasteiger partial charge is 0.260 e. The Balaban J connectivity index is 1.58. The third-order valence-corrected chi connectivity index (χ3v) is 4.24. The lowest BCUT2D eigenvalue weighted by Gasteiger charge is -2.16. The summed E-state index contributed by atoms with van der Waals surface area (Å²) in [5.41, 5.74) is 1.82. The van der Waals surface area contributed by atoms with Crippen LogP contribution in [0.15, 0.2) is 42.5 Å². The van der Waals surface area contributed by atoms with E-state index < -0.39 is 0 Å². The number of likely N-dealkylation sites (N-methyl/N-ethyl adjacent to an activating group) is 1. The average Bonchev–Trinajstić information content (AvgIpc) is 2.97. The number of aromatic nitrogens is 2. The number of amides is 1. The molecule has 7 heteroatoms. The van der Waals surface area contributed by atoms with Crippen molar-refractivity contribution in [2.24, 2.45) is 0 Å². The molecule has 0 bridgehead atoms. The van der Waals surface area contributed by atoms with Gasteiger partial charge in [-0.05, 0) is 24.3 Å². The molecular weight excluding hydrogens is 349 g/mol. The summed E-state index contributed by atoms with van der Waals surface area (Å²) in [6, 6.07) is 12.6. The van der Waals surface area contributed by atoms with Gasteiger partial charge in [0.25, 0.3) is 5.91 Å². The summed E-state index contributed by atoms with van der Waals surface area (Å²) in [5.74, 6) is 1.05. The highest BCUT2D eigenvalue weighted by molar-refractivity contribution is 6.42. The fraction of sp³-hybridized carbons (Fsp3) is 0.176. The zero-order valence-corrected chi connectivity index (χ0v) is 14.4. The third-order valence-electron chi connectivity index (χ3n) is 3.50. The molecule has 0 spiro atoms. The summed E-state index contributed by atoms with van der Waals surface area (Å²) in [4.78, 5) is 21.4. The molecule has 0 saturated heterocycles. The van der Waals surface area contributed by atoms with Crippen molar-refractivity contribution in [3.05, 3.63) is 58.3 Å². The van der Waals surface area contributed by atoms with Gasteiger partial charge in [-0.2, -0.15) is 0 Å². The quantitative estimate of drug-likeness (QED) is 0.747. The van der Waals surface area contributed by atoms with Crippen molar-refractivity contribution in [3.63, 3.8) is 0 Å². The molecule has 124 valence electrons. The molecular formula is C17H15Cl2N3O2. The predicted molar refractivity (Wildman–Crippen MR) is 94.5 cm³/mol. The van der Waals surface area contributed by atoms with E-state index in [0.29, 0.717) is 22.3 Å². The van der Waals surface area contributed by atoms with Gasteiger partial charge < -0.3 is 14.6 Å². The monoisotopic (exact) mass is 363 g/mol. The first kappa shape index (κ1) is 16.6. The van der Waals surface area contributed by atoms with Crippen LogP contribution in [0.4, 0.5) is 0 Å². The minimum atomic E-state index is -0.165. The van der Waals surface area contributed by atoms with E-state index >= 15 is 0 Å². The highest BCUT2D eigenvalue weighted by atomic mass is 35.5. The van der Waals surface area contributed by atoms with Crippen molar-refractivity contribution in [1.29, 1.82) is 0 Å². The molecule has 1 aromatic heterocycles. The summed E-state index contributed by atoms with van der Waals surface area (Å²) in [5, 5.41) is 0.828. The van der Waals surface area contributed by atoms with Crippen molar-refractivity contribution in [1.82, 2.24) is 14.9 Å². The number of imidazole rings is 1. The number of nitrogens with zero attached hydrogens (tertiary/aromatic N) is 2. The number of hydrogen-bond donors (Lipinski definition) is 1. The Morgan fingerprint density at radius 2 is 2.00 bits per heavy atom. The zero-order chi connectivity index (χ0) is 17.1. The number of hydrogen-bond acceptors (Lipinski definition) is 3. The minimum absolute atomic E-state index is 0.0886. The molecule has 24 heavy (non-hydrogen) atoms. The van der Waals surface area contributed by atoms with Crippen LogP contribution in [-0.4, -0.2) is 34.4 Å². The van der Waals surface area contributed by atoms with Crippen LogP contribution in [0, 0.1) is 0 Å². The Bertz CT molecular complexity index is 846. The SMILES string of the molecule is CN(Cc1nc2ccccc2[nH]1)C(=O)COc1ccc(Cl)c(Cl)c1. The Hall–Kier alpha value is -2.24. The highest BCUT2D eigenvalue weighted by Crippen LogP contribution is 2.26. The van der Waals surface area contributed by atoms with Crippen LogP contribution in [0.25, 0.3) is 11.0 Å². The van der Waals surface area contributed by atoms with Crippen molar-refractivity contribution < 1.29 is 9.53 Å². The normalized spacial score (nSPS) is 10.8. The molecule has 0 aliphatic heterocycles. The fourth-order valence-corrected chi connectivity index (χ4v) is 2.50. The highest BCUT2D eigenvalue weighted by Gasteiger charge is 2.13. The first-order chi connectivity index (χ1) is 11.5. The molecule has 1 N–H and O–H groups in total. The Kier molecular flexibility index (Phi) is 4.92. The second kappa shape index (κ2) is 7.11. The van der Waals surface area contributed by atoms with Gasteiger partial charge in [0, 0.05) is 13.1 Å². The van der Waals surface area contributed by atoms with Crippen LogP contribution < -0.4 is 4.74 Å². The zero-order valence-electron chi connectivity index (χ0n) is 12.9. The first-order valence-electron chi connectivity index (χ1n) is 7.28. The van der Waals surface area contributed by atoms with Crippen molar-refractivity contribution in [2.75, 3.05) is 13.7 Å². The van der Waals surface area contributed by atoms with E-state index in [2.05, 4.69) is 9.97 Å². The number of carbonyl (C=O) groups excluding carboxylic acids is 1. The Labute approximate surface area is 149 Å². The topological polar surface area (TPSA) is 58.2 Å². The fourth-order valence-electron chi connectivity index (χ4n) is 2.22. The molecule has 0 aliphatic rings. The molecule has 2 aromatic carbocycles. The molecule has 3 rings (SSSR count). The lowest BCUT2D eigenvalue weighted by Crippen LogP contribution is -2.31. The molecule has 0 aliphatic carbocycles. The summed E-state index contributed by atoms with van der Waals surface area (Å²) >= 11 is 11.8. The number of carbonyl (C=O) groups is 1. The van der Waals surface area contributed by atoms with Gasteiger partial charge in [-0.25, -0.2) is 4.98 Å². The van der Waals surface area contributed by atoms with Crippen LogP contribution in [0.5, 0.6) is 5.75 Å². The van der Waals surface area contributed by atoms with Gasteiger partial charge in [-0.3, -0.25) is 4.79 Å². The molecule has 5 nitrogen and oxygen atoms in total. The second-order valence-electron chi connectivity index (χ2n) is 5.32. The van der Waals surface area contributed by atoms with Gasteiger partial charge in [0.1, 0.15) is 11.6 Å². The van der Waals surface area contributed by atoms with Crippen molar-refractivity contribution in [2.45, 2.75) is 6.54 Å². The molecule has 1 heterocycles. The number of para-hydroxylation sites is 2. The summed E-state index contributed by atoms with van der Waals surface area (Å²) in [6.45, 7) is 0.285. The van der Waals surface area contributed by atoms with Gasteiger partial charge >= 0.3 is 0 Å². The lowest BCUT2D eigenvalue weighted by molar-refractivity contribution is -0.132. The maximum atomic E-state index is 12.2. The standard InChI is InChI=1S/C17H15Cl2N3O2/c1-22(9-16-20-14-4-2-3-5-15(14)21-16)17(23)10-24-11-6-7-12(18)13(19)8-11/h2-8H,9-10H2,1H3,(H,20,21). The van der Waals surface area contributed by atoms with Crippen molar-refractivity contribution >= 4 is 40.1 Å². The van der Waals surface area contributed by atoms with E-state index in [1.165, 1.54) is 0 Å². The largest absolute Gasteiger partial charge is 0.484 e. The molecule has 0 saturated carbocycles. The summed E-state index contributed by atoms with van der Waals surface area (Å²) in [6.07, 6.45) is 0. The van der Waals surface area contributed by atoms with E-state index in [0.717, 1.165) is 16.9 Å². The van der Waals surface area contributed by atoms with Crippen LogP contribution in [-0.2, 0) is 11.3 Å². The number of aromatic amines is 1. The number of fused-ring (bicyclic) bond motifs is 1. The number of benzene rings is 2. The number of rotatable bonds is 5. The van der Waals surface area contributed by atoms with Gasteiger partial charge in [0.2, 0.25) is 0 Å². The van der Waals surface area contributed by atoms with Gasteiger partial charge in [0.05, 0.1) is 27.6 Å². The van der Waals surface area contributed by atoms with E-state index in [-0.39, 0.29) is 12.5 Å². The average molecular weight is 364 g/mol. The number of halogens is 2. The second-order valence-corrected chi connectivity index (χ2v) is 6.13. The van der Waals surface area contributed by atoms with Crippen molar-refractivity contribution in [3.8, 4) is 5.75 Å². The van der Waals surface area contributed by atoms with E-state index in [1.54, 1.807) is 30.1 Å². The summed E-state index contributed by atoms with van der Waals surface area (Å²) in [7, 11) is 1.70. The number of H-pyrrole nitrogens is 1. The molecule has 3 aromatic rings. The minimum Gasteiger partial charge on any atom is -0.484 e.